The van der Waals surface area contributed by atoms with E-state index >= 15 is 0 Å². The van der Waals surface area contributed by atoms with Crippen molar-refractivity contribution in [2.45, 2.75) is 19.4 Å². The molecule has 0 radical (unpaired) electrons. The number of carbonyl (C=O) groups is 2. The number of nitrogens with one attached hydrogen (secondary N) is 1. The Balaban J connectivity index is 2.29. The number of carbonyl (C=O) groups excluding carboxylic acids is 2. The molecule has 0 aromatic carbocycles. The van der Waals surface area contributed by atoms with Crippen molar-refractivity contribution in [2.75, 3.05) is 20.8 Å². The van der Waals surface area contributed by atoms with Crippen LogP contribution in [0, 0.1) is 0 Å². The number of ether oxygens (including phenoxy) is 2. The first kappa shape index (κ1) is 14.2. The fourth-order valence-electron chi connectivity index (χ4n) is 1.43. The second-order valence-corrected chi connectivity index (χ2v) is 3.62. The first-order valence-corrected chi connectivity index (χ1v) is 5.61. The molecule has 0 aliphatic carbocycles. The lowest BCUT2D eigenvalue weighted by atomic mass is 10.2. The zero-order valence-corrected chi connectivity index (χ0v) is 10.5. The largest absolute Gasteiger partial charge is 0.469 e. The van der Waals surface area contributed by atoms with Gasteiger partial charge in [-0.15, -0.1) is 0 Å². The number of rotatable bonds is 7. The van der Waals surface area contributed by atoms with Gasteiger partial charge in [-0.3, -0.25) is 4.79 Å². The zero-order chi connectivity index (χ0) is 13.4. The molecule has 1 aromatic rings. The van der Waals surface area contributed by atoms with Crippen LogP contribution >= 0.6 is 0 Å². The molecular formula is C12H17NO5. The molecule has 18 heavy (non-hydrogen) atoms. The summed E-state index contributed by atoms with van der Waals surface area (Å²) in [6, 6.07) is 1.71. The molecule has 1 heterocycles. The summed E-state index contributed by atoms with van der Waals surface area (Å²) in [5.74, 6) is -0.514. The lowest BCUT2D eigenvalue weighted by molar-refractivity contribution is -0.140. The fraction of sp³-hybridized carbons (Fsp3) is 0.500. The summed E-state index contributed by atoms with van der Waals surface area (Å²) in [6.45, 7) is 1.14. The number of hydrogen-bond donors (Lipinski definition) is 1. The monoisotopic (exact) mass is 255 g/mol. The Morgan fingerprint density at radius 3 is 2.78 bits per heavy atom. The normalized spacial score (nSPS) is 10.1. The zero-order valence-electron chi connectivity index (χ0n) is 10.5. The number of esters is 2. The van der Waals surface area contributed by atoms with E-state index in [1.54, 1.807) is 6.07 Å². The van der Waals surface area contributed by atoms with E-state index in [0.29, 0.717) is 25.9 Å². The average molecular weight is 255 g/mol. The number of furan rings is 1. The van der Waals surface area contributed by atoms with Gasteiger partial charge in [0.25, 0.3) is 0 Å². The summed E-state index contributed by atoms with van der Waals surface area (Å²) < 4.78 is 14.2. The molecule has 6 heteroatoms. The van der Waals surface area contributed by atoms with Crippen LogP contribution in [0.25, 0.3) is 0 Å². The third-order valence-electron chi connectivity index (χ3n) is 2.40. The predicted molar refractivity (Wildman–Crippen MR) is 63.0 cm³/mol. The molecule has 0 aliphatic rings. The van der Waals surface area contributed by atoms with E-state index < -0.39 is 5.97 Å². The first-order valence-electron chi connectivity index (χ1n) is 5.61. The van der Waals surface area contributed by atoms with Gasteiger partial charge in [0.05, 0.1) is 20.5 Å². The topological polar surface area (TPSA) is 77.8 Å². The summed E-state index contributed by atoms with van der Waals surface area (Å²) in [5.41, 5.74) is 0.736. The van der Waals surface area contributed by atoms with Gasteiger partial charge in [0.2, 0.25) is 5.76 Å². The van der Waals surface area contributed by atoms with Gasteiger partial charge in [0.1, 0.15) is 0 Å². The fourth-order valence-corrected chi connectivity index (χ4v) is 1.43. The average Bonchev–Trinajstić information content (AvgIpc) is 2.85. The van der Waals surface area contributed by atoms with Gasteiger partial charge >= 0.3 is 11.9 Å². The van der Waals surface area contributed by atoms with Crippen LogP contribution in [0.5, 0.6) is 0 Å². The number of hydrogen-bond acceptors (Lipinski definition) is 6. The van der Waals surface area contributed by atoms with Crippen molar-refractivity contribution in [1.82, 2.24) is 5.32 Å². The maximum absolute atomic E-state index is 11.3. The Hall–Kier alpha value is -1.82. The van der Waals surface area contributed by atoms with E-state index in [1.807, 2.05) is 0 Å². The van der Waals surface area contributed by atoms with E-state index in [4.69, 9.17) is 4.42 Å². The standard InChI is InChI=1S/C12H17NO5/c1-16-10(14)4-3-6-13-8-9-5-7-18-11(9)12(15)17-2/h5,7,13H,3-4,6,8H2,1-2H3. The van der Waals surface area contributed by atoms with Crippen LogP contribution in [0.4, 0.5) is 0 Å². The second-order valence-electron chi connectivity index (χ2n) is 3.62. The summed E-state index contributed by atoms with van der Waals surface area (Å²) >= 11 is 0. The molecule has 0 unspecified atom stereocenters. The Bertz CT molecular complexity index is 399. The second kappa shape index (κ2) is 7.50. The molecular weight excluding hydrogens is 238 g/mol. The van der Waals surface area contributed by atoms with Gasteiger partial charge in [0, 0.05) is 18.5 Å². The van der Waals surface area contributed by atoms with E-state index in [-0.39, 0.29) is 11.7 Å². The van der Waals surface area contributed by atoms with Crippen molar-refractivity contribution in [2.24, 2.45) is 0 Å². The van der Waals surface area contributed by atoms with E-state index in [2.05, 4.69) is 14.8 Å². The van der Waals surface area contributed by atoms with Gasteiger partial charge in [-0.05, 0) is 19.0 Å². The van der Waals surface area contributed by atoms with Crippen LogP contribution < -0.4 is 5.32 Å². The molecule has 1 N–H and O–H groups in total. The maximum Gasteiger partial charge on any atom is 0.374 e. The summed E-state index contributed by atoms with van der Waals surface area (Å²) in [7, 11) is 2.67. The first-order chi connectivity index (χ1) is 8.69. The molecule has 0 amide bonds. The predicted octanol–water partition coefficient (Wildman–Crippen LogP) is 1.11. The minimum absolute atomic E-state index is 0.206. The highest BCUT2D eigenvalue weighted by atomic mass is 16.5. The Morgan fingerprint density at radius 1 is 1.33 bits per heavy atom. The lowest BCUT2D eigenvalue weighted by Crippen LogP contribution is -2.17. The van der Waals surface area contributed by atoms with Gasteiger partial charge in [-0.25, -0.2) is 4.79 Å². The number of methoxy groups -OCH3 is 2. The SMILES string of the molecule is COC(=O)CCCNCc1ccoc1C(=O)OC. The molecule has 0 fully saturated rings. The van der Waals surface area contributed by atoms with Crippen LogP contribution in [0.3, 0.4) is 0 Å². The van der Waals surface area contributed by atoms with Crippen LogP contribution in [0.1, 0.15) is 29.0 Å². The third kappa shape index (κ3) is 4.21. The van der Waals surface area contributed by atoms with Crippen molar-refractivity contribution < 1.29 is 23.5 Å². The highest BCUT2D eigenvalue weighted by molar-refractivity contribution is 5.87. The summed E-state index contributed by atoms with van der Waals surface area (Å²) in [4.78, 5) is 22.2. The van der Waals surface area contributed by atoms with Gasteiger partial charge < -0.3 is 19.2 Å². The van der Waals surface area contributed by atoms with Crippen molar-refractivity contribution in [3.05, 3.63) is 23.7 Å². The van der Waals surface area contributed by atoms with E-state index in [0.717, 1.165) is 5.56 Å². The molecule has 0 spiro atoms. The van der Waals surface area contributed by atoms with Crippen molar-refractivity contribution in [3.63, 3.8) is 0 Å². The summed E-state index contributed by atoms with van der Waals surface area (Å²) in [6.07, 6.45) is 2.49. The Kier molecular flexibility index (Phi) is 5.93. The van der Waals surface area contributed by atoms with Crippen LogP contribution in [-0.4, -0.2) is 32.7 Å². The van der Waals surface area contributed by atoms with E-state index in [9.17, 15) is 9.59 Å². The minimum atomic E-state index is -0.494. The van der Waals surface area contributed by atoms with Crippen molar-refractivity contribution in [1.29, 1.82) is 0 Å². The van der Waals surface area contributed by atoms with Crippen molar-refractivity contribution >= 4 is 11.9 Å². The van der Waals surface area contributed by atoms with Crippen LogP contribution in [0.15, 0.2) is 16.7 Å². The van der Waals surface area contributed by atoms with E-state index in [1.165, 1.54) is 20.5 Å². The molecule has 0 bridgehead atoms. The van der Waals surface area contributed by atoms with Gasteiger partial charge in [-0.2, -0.15) is 0 Å². The summed E-state index contributed by atoms with van der Waals surface area (Å²) in [5, 5.41) is 3.11. The molecule has 0 saturated heterocycles. The third-order valence-corrected chi connectivity index (χ3v) is 2.40. The Morgan fingerprint density at radius 2 is 2.11 bits per heavy atom. The molecule has 1 rings (SSSR count). The smallest absolute Gasteiger partial charge is 0.374 e. The highest BCUT2D eigenvalue weighted by Crippen LogP contribution is 2.11. The Labute approximate surface area is 105 Å². The molecule has 1 aromatic heterocycles. The molecule has 100 valence electrons. The minimum Gasteiger partial charge on any atom is -0.469 e. The molecule has 0 aliphatic heterocycles. The maximum atomic E-state index is 11.3. The van der Waals surface area contributed by atoms with Crippen molar-refractivity contribution in [3.8, 4) is 0 Å². The van der Waals surface area contributed by atoms with Crippen LogP contribution in [-0.2, 0) is 20.8 Å². The molecule has 6 nitrogen and oxygen atoms in total. The quantitative estimate of drug-likeness (QED) is 0.581. The lowest BCUT2D eigenvalue weighted by Gasteiger charge is -2.04. The van der Waals surface area contributed by atoms with Gasteiger partial charge in [0.15, 0.2) is 0 Å². The highest BCUT2D eigenvalue weighted by Gasteiger charge is 2.14. The molecule has 0 atom stereocenters. The van der Waals surface area contributed by atoms with Crippen LogP contribution in [0.2, 0.25) is 0 Å². The van der Waals surface area contributed by atoms with Gasteiger partial charge in [-0.1, -0.05) is 0 Å². The molecule has 0 saturated carbocycles.